The van der Waals surface area contributed by atoms with Gasteiger partial charge in [-0.3, -0.25) is 0 Å². The Hall–Kier alpha value is -1.63. The van der Waals surface area contributed by atoms with Crippen molar-refractivity contribution >= 4 is 33.4 Å². The minimum Gasteiger partial charge on any atom is -0.477 e. The van der Waals surface area contributed by atoms with Crippen molar-refractivity contribution in [3.63, 3.8) is 0 Å². The monoisotopic (exact) mass is 296 g/mol. The zero-order valence-electron chi connectivity index (χ0n) is 8.72. The van der Waals surface area contributed by atoms with Gasteiger partial charge in [0, 0.05) is 12.1 Å². The van der Waals surface area contributed by atoms with Crippen molar-refractivity contribution in [3.8, 4) is 0 Å². The molecular formula is C10H9BrN4O2. The molecule has 3 rings (SSSR count). The average molecular weight is 297 g/mol. The SMILES string of the molecule is O=C(O)c1cc(NC2CC2)n2ncc(Br)c2n1. The summed E-state index contributed by atoms with van der Waals surface area (Å²) in [5, 5.41) is 16.4. The van der Waals surface area contributed by atoms with Crippen molar-refractivity contribution in [2.45, 2.75) is 18.9 Å². The van der Waals surface area contributed by atoms with Crippen molar-refractivity contribution in [1.29, 1.82) is 0 Å². The molecule has 0 bridgehead atoms. The van der Waals surface area contributed by atoms with Crippen LogP contribution in [0.2, 0.25) is 0 Å². The summed E-state index contributed by atoms with van der Waals surface area (Å²) in [4.78, 5) is 15.0. The van der Waals surface area contributed by atoms with E-state index >= 15 is 0 Å². The summed E-state index contributed by atoms with van der Waals surface area (Å²) < 4.78 is 2.29. The molecule has 0 spiro atoms. The molecule has 2 N–H and O–H groups in total. The smallest absolute Gasteiger partial charge is 0.354 e. The molecule has 0 amide bonds. The number of nitrogens with one attached hydrogen (secondary N) is 1. The molecule has 2 aromatic rings. The van der Waals surface area contributed by atoms with E-state index in [0.717, 1.165) is 12.8 Å². The Bertz CT molecular complexity index is 606. The lowest BCUT2D eigenvalue weighted by Gasteiger charge is -2.07. The Balaban J connectivity index is 2.18. The number of carboxylic acid groups (broad SMARTS) is 1. The first kappa shape index (κ1) is 10.5. The topological polar surface area (TPSA) is 79.5 Å². The Morgan fingerprint density at radius 2 is 2.35 bits per heavy atom. The second kappa shape index (κ2) is 3.69. The number of carbonyl (C=O) groups is 1. The third kappa shape index (κ3) is 1.86. The van der Waals surface area contributed by atoms with E-state index in [1.807, 2.05) is 0 Å². The van der Waals surface area contributed by atoms with E-state index in [0.29, 0.717) is 22.0 Å². The summed E-state index contributed by atoms with van der Waals surface area (Å²) in [6.07, 6.45) is 3.81. The van der Waals surface area contributed by atoms with Crippen LogP contribution in [0, 0.1) is 0 Å². The molecule has 2 aromatic heterocycles. The summed E-state index contributed by atoms with van der Waals surface area (Å²) in [6, 6.07) is 1.93. The first-order valence-electron chi connectivity index (χ1n) is 5.19. The van der Waals surface area contributed by atoms with Gasteiger partial charge in [-0.1, -0.05) is 0 Å². The predicted molar refractivity (Wildman–Crippen MR) is 64.3 cm³/mol. The molecular weight excluding hydrogens is 288 g/mol. The summed E-state index contributed by atoms with van der Waals surface area (Å²) in [6.45, 7) is 0. The zero-order chi connectivity index (χ0) is 12.0. The van der Waals surface area contributed by atoms with Crippen LogP contribution in [0.4, 0.5) is 5.82 Å². The minimum absolute atomic E-state index is 0.0156. The highest BCUT2D eigenvalue weighted by Crippen LogP contribution is 2.26. The van der Waals surface area contributed by atoms with Crippen LogP contribution in [-0.2, 0) is 0 Å². The summed E-state index contributed by atoms with van der Waals surface area (Å²) in [7, 11) is 0. The van der Waals surface area contributed by atoms with Crippen LogP contribution in [0.15, 0.2) is 16.7 Å². The zero-order valence-corrected chi connectivity index (χ0v) is 10.3. The number of aromatic nitrogens is 3. The predicted octanol–water partition coefficient (Wildman–Crippen LogP) is 1.76. The second-order valence-electron chi connectivity index (χ2n) is 3.98. The maximum absolute atomic E-state index is 11.0. The Labute approximate surface area is 105 Å². The van der Waals surface area contributed by atoms with Crippen molar-refractivity contribution in [1.82, 2.24) is 14.6 Å². The molecule has 0 saturated heterocycles. The Morgan fingerprint density at radius 3 is 3.00 bits per heavy atom. The van der Waals surface area contributed by atoms with Crippen LogP contribution >= 0.6 is 15.9 Å². The van der Waals surface area contributed by atoms with E-state index < -0.39 is 5.97 Å². The summed E-state index contributed by atoms with van der Waals surface area (Å²) in [5.41, 5.74) is 0.523. The largest absolute Gasteiger partial charge is 0.477 e. The molecule has 0 aromatic carbocycles. The Morgan fingerprint density at radius 1 is 1.59 bits per heavy atom. The lowest BCUT2D eigenvalue weighted by molar-refractivity contribution is 0.0690. The molecule has 0 atom stereocenters. The normalized spacial score (nSPS) is 15.1. The second-order valence-corrected chi connectivity index (χ2v) is 4.83. The number of rotatable bonds is 3. The fourth-order valence-electron chi connectivity index (χ4n) is 1.59. The molecule has 6 nitrogen and oxygen atoms in total. The van der Waals surface area contributed by atoms with Gasteiger partial charge in [-0.15, -0.1) is 0 Å². The van der Waals surface area contributed by atoms with Gasteiger partial charge in [-0.2, -0.15) is 9.61 Å². The van der Waals surface area contributed by atoms with Crippen molar-refractivity contribution in [2.24, 2.45) is 0 Å². The third-order valence-electron chi connectivity index (χ3n) is 2.58. The number of hydrogen-bond acceptors (Lipinski definition) is 4. The fourth-order valence-corrected chi connectivity index (χ4v) is 1.93. The van der Waals surface area contributed by atoms with Crippen LogP contribution in [0.1, 0.15) is 23.3 Å². The highest BCUT2D eigenvalue weighted by Gasteiger charge is 2.23. The molecule has 1 aliphatic carbocycles. The fraction of sp³-hybridized carbons (Fsp3) is 0.300. The number of aromatic carboxylic acids is 1. The molecule has 7 heteroatoms. The summed E-state index contributed by atoms with van der Waals surface area (Å²) in [5.74, 6) is -0.375. The molecule has 17 heavy (non-hydrogen) atoms. The molecule has 0 radical (unpaired) electrons. The van der Waals surface area contributed by atoms with Crippen LogP contribution in [0.3, 0.4) is 0 Å². The molecule has 0 aliphatic heterocycles. The average Bonchev–Trinajstić information content (AvgIpc) is 3.02. The van der Waals surface area contributed by atoms with Crippen LogP contribution < -0.4 is 5.32 Å². The Kier molecular flexibility index (Phi) is 2.29. The first-order chi connectivity index (χ1) is 8.15. The van der Waals surface area contributed by atoms with Gasteiger partial charge in [0.1, 0.15) is 5.82 Å². The van der Waals surface area contributed by atoms with Crippen LogP contribution in [0.25, 0.3) is 5.65 Å². The van der Waals surface area contributed by atoms with Crippen molar-refractivity contribution in [3.05, 3.63) is 22.4 Å². The van der Waals surface area contributed by atoms with Gasteiger partial charge in [-0.05, 0) is 28.8 Å². The van der Waals surface area contributed by atoms with Gasteiger partial charge < -0.3 is 10.4 Å². The number of hydrogen-bond donors (Lipinski definition) is 2. The van der Waals surface area contributed by atoms with Crippen LogP contribution in [-0.4, -0.2) is 31.7 Å². The van der Waals surface area contributed by atoms with Gasteiger partial charge in [0.15, 0.2) is 11.3 Å². The maximum Gasteiger partial charge on any atom is 0.354 e. The highest BCUT2D eigenvalue weighted by atomic mass is 79.9. The maximum atomic E-state index is 11.0. The number of halogens is 1. The molecule has 1 aliphatic rings. The highest BCUT2D eigenvalue weighted by molar-refractivity contribution is 9.10. The lowest BCUT2D eigenvalue weighted by Crippen LogP contribution is -2.11. The molecule has 1 saturated carbocycles. The number of carboxylic acids is 1. The van der Waals surface area contributed by atoms with E-state index in [-0.39, 0.29) is 5.69 Å². The van der Waals surface area contributed by atoms with E-state index in [9.17, 15) is 4.79 Å². The third-order valence-corrected chi connectivity index (χ3v) is 3.14. The van der Waals surface area contributed by atoms with E-state index in [4.69, 9.17) is 5.11 Å². The molecule has 0 unspecified atom stereocenters. The van der Waals surface area contributed by atoms with Gasteiger partial charge in [0.2, 0.25) is 0 Å². The van der Waals surface area contributed by atoms with Crippen molar-refractivity contribution < 1.29 is 9.90 Å². The van der Waals surface area contributed by atoms with Gasteiger partial charge in [-0.25, -0.2) is 9.78 Å². The van der Waals surface area contributed by atoms with Crippen LogP contribution in [0.5, 0.6) is 0 Å². The first-order valence-corrected chi connectivity index (χ1v) is 5.98. The standard InChI is InChI=1S/C10H9BrN4O2/c11-6-4-12-15-8(13-5-1-2-5)3-7(10(16)17)14-9(6)15/h3-5,13H,1-2H2,(H,16,17). The number of anilines is 1. The van der Waals surface area contributed by atoms with Gasteiger partial charge in [0.05, 0.1) is 10.7 Å². The minimum atomic E-state index is -1.04. The molecule has 88 valence electrons. The quantitative estimate of drug-likeness (QED) is 0.902. The molecule has 1 fully saturated rings. The van der Waals surface area contributed by atoms with E-state index in [2.05, 4.69) is 31.3 Å². The van der Waals surface area contributed by atoms with E-state index in [1.165, 1.54) is 6.07 Å². The van der Waals surface area contributed by atoms with Gasteiger partial charge in [0.25, 0.3) is 0 Å². The molecule has 2 heterocycles. The lowest BCUT2D eigenvalue weighted by atomic mass is 10.4. The van der Waals surface area contributed by atoms with Gasteiger partial charge >= 0.3 is 5.97 Å². The number of fused-ring (bicyclic) bond motifs is 1. The number of nitrogens with zero attached hydrogens (tertiary/aromatic N) is 3. The van der Waals surface area contributed by atoms with E-state index in [1.54, 1.807) is 10.7 Å². The van der Waals surface area contributed by atoms with Crippen molar-refractivity contribution in [2.75, 3.05) is 5.32 Å². The summed E-state index contributed by atoms with van der Waals surface area (Å²) >= 11 is 3.30.